The fourth-order valence-corrected chi connectivity index (χ4v) is 0.341. The summed E-state index contributed by atoms with van der Waals surface area (Å²) in [5, 5.41) is 0. The van der Waals surface area contributed by atoms with Gasteiger partial charge in [0.15, 0.2) is 6.39 Å². The molecule has 0 amide bonds. The van der Waals surface area contributed by atoms with Crippen molar-refractivity contribution in [2.75, 3.05) is 6.61 Å². The molecule has 1 aromatic rings. The summed E-state index contributed by atoms with van der Waals surface area (Å²) in [6.45, 7) is 4.54. The van der Waals surface area contributed by atoms with E-state index in [2.05, 4.69) is 14.1 Å². The smallest absolute Gasteiger partial charge is 0.293 e. The van der Waals surface area contributed by atoms with Gasteiger partial charge in [-0.1, -0.05) is 0 Å². The highest BCUT2D eigenvalue weighted by Gasteiger charge is 1.77. The lowest BCUT2D eigenvalue weighted by Gasteiger charge is -1.79. The average molecular weight is 157 g/mol. The molecule has 0 aliphatic heterocycles. The molecule has 0 spiro atoms. The van der Waals surface area contributed by atoms with E-state index in [1.807, 2.05) is 6.92 Å². The van der Waals surface area contributed by atoms with Crippen molar-refractivity contribution in [2.45, 2.75) is 13.8 Å². The first-order valence-corrected chi connectivity index (χ1v) is 3.21. The molecule has 4 nitrogen and oxygen atoms in total. The minimum absolute atomic E-state index is 0.431. The van der Waals surface area contributed by atoms with E-state index < -0.39 is 0 Å². The van der Waals surface area contributed by atoms with E-state index in [1.165, 1.54) is 6.39 Å². The molecule has 11 heavy (non-hydrogen) atoms. The van der Waals surface area contributed by atoms with Crippen molar-refractivity contribution in [3.05, 3.63) is 18.4 Å². The van der Waals surface area contributed by atoms with E-state index >= 15 is 0 Å². The standard InChI is InChI=1S/C4H5NO.C3H6O2/c1-4-2-6-3-5-4;1-2-5-3-4/h2-3H,1H3;3H,2H2,1H3. The zero-order valence-corrected chi connectivity index (χ0v) is 6.61. The van der Waals surface area contributed by atoms with E-state index in [9.17, 15) is 4.79 Å². The summed E-state index contributed by atoms with van der Waals surface area (Å²) in [4.78, 5) is 12.9. The molecule has 1 rings (SSSR count). The van der Waals surface area contributed by atoms with Crippen LogP contribution in [0.1, 0.15) is 12.6 Å². The Morgan fingerprint density at radius 2 is 2.55 bits per heavy atom. The number of carbonyl (C=O) groups excluding carboxylic acids is 1. The number of hydrogen-bond donors (Lipinski definition) is 0. The van der Waals surface area contributed by atoms with E-state index in [1.54, 1.807) is 13.2 Å². The molecule has 0 fully saturated rings. The molecular weight excluding hydrogens is 146 g/mol. The highest BCUT2D eigenvalue weighted by atomic mass is 16.5. The van der Waals surface area contributed by atoms with Crippen molar-refractivity contribution in [3.8, 4) is 0 Å². The average Bonchev–Trinajstić information content (AvgIpc) is 2.43. The van der Waals surface area contributed by atoms with Crippen LogP contribution < -0.4 is 0 Å². The van der Waals surface area contributed by atoms with Crippen molar-refractivity contribution in [2.24, 2.45) is 0 Å². The first-order valence-electron chi connectivity index (χ1n) is 3.21. The molecular formula is C7H11NO3. The second-order valence-electron chi connectivity index (χ2n) is 1.68. The lowest BCUT2D eigenvalue weighted by atomic mass is 10.6. The monoisotopic (exact) mass is 157 g/mol. The Hall–Kier alpha value is -1.32. The molecule has 0 saturated carbocycles. The van der Waals surface area contributed by atoms with Gasteiger partial charge in [0.2, 0.25) is 0 Å². The van der Waals surface area contributed by atoms with Crippen LogP contribution in [0.2, 0.25) is 0 Å². The minimum atomic E-state index is 0.431. The summed E-state index contributed by atoms with van der Waals surface area (Å²) in [5.41, 5.74) is 0.926. The molecule has 1 heterocycles. The van der Waals surface area contributed by atoms with Gasteiger partial charge in [-0.2, -0.15) is 0 Å². The molecule has 0 aliphatic rings. The van der Waals surface area contributed by atoms with Crippen LogP contribution in [0.25, 0.3) is 0 Å². The Morgan fingerprint density at radius 3 is 2.64 bits per heavy atom. The number of carbonyl (C=O) groups is 1. The SMILES string of the molecule is CCOC=O.Cc1cocn1. The minimum Gasteiger partial charge on any atom is -0.468 e. The second-order valence-corrected chi connectivity index (χ2v) is 1.68. The predicted molar refractivity (Wildman–Crippen MR) is 38.9 cm³/mol. The summed E-state index contributed by atoms with van der Waals surface area (Å²) in [5.74, 6) is 0. The Labute approximate surface area is 65.2 Å². The molecule has 0 atom stereocenters. The third kappa shape index (κ3) is 6.57. The van der Waals surface area contributed by atoms with Crippen LogP contribution in [0, 0.1) is 6.92 Å². The highest BCUT2D eigenvalue weighted by Crippen LogP contribution is 1.86. The normalized spacial score (nSPS) is 7.82. The summed E-state index contributed by atoms with van der Waals surface area (Å²) in [6, 6.07) is 0. The van der Waals surface area contributed by atoms with Gasteiger partial charge in [0.1, 0.15) is 6.26 Å². The van der Waals surface area contributed by atoms with Gasteiger partial charge in [-0.3, -0.25) is 4.79 Å². The van der Waals surface area contributed by atoms with Gasteiger partial charge in [0, 0.05) is 0 Å². The van der Waals surface area contributed by atoms with Crippen LogP contribution in [0.5, 0.6) is 0 Å². The summed E-state index contributed by atoms with van der Waals surface area (Å²) in [7, 11) is 0. The van der Waals surface area contributed by atoms with Crippen LogP contribution in [-0.2, 0) is 9.53 Å². The molecule has 62 valence electrons. The third-order valence-corrected chi connectivity index (χ3v) is 0.791. The van der Waals surface area contributed by atoms with Crippen LogP contribution in [0.4, 0.5) is 0 Å². The maximum absolute atomic E-state index is 9.18. The van der Waals surface area contributed by atoms with E-state index in [0.717, 1.165) is 5.69 Å². The second kappa shape index (κ2) is 6.80. The van der Waals surface area contributed by atoms with Crippen molar-refractivity contribution in [1.29, 1.82) is 0 Å². The lowest BCUT2D eigenvalue weighted by molar-refractivity contribution is -0.128. The van der Waals surface area contributed by atoms with Crippen molar-refractivity contribution in [3.63, 3.8) is 0 Å². The Kier molecular flexibility index (Phi) is 5.98. The van der Waals surface area contributed by atoms with Crippen LogP contribution in [-0.4, -0.2) is 18.1 Å². The van der Waals surface area contributed by atoms with Gasteiger partial charge in [-0.05, 0) is 13.8 Å². The number of aromatic nitrogens is 1. The maximum Gasteiger partial charge on any atom is 0.293 e. The molecule has 0 bridgehead atoms. The summed E-state index contributed by atoms with van der Waals surface area (Å²) >= 11 is 0. The largest absolute Gasteiger partial charge is 0.468 e. The number of ether oxygens (including phenoxy) is 1. The van der Waals surface area contributed by atoms with Crippen molar-refractivity contribution < 1.29 is 13.9 Å². The fraction of sp³-hybridized carbons (Fsp3) is 0.429. The molecule has 0 aromatic carbocycles. The first-order chi connectivity index (χ1) is 5.31. The number of nitrogens with zero attached hydrogens (tertiary/aromatic N) is 1. The predicted octanol–water partition coefficient (Wildman–Crippen LogP) is 1.16. The van der Waals surface area contributed by atoms with Gasteiger partial charge >= 0.3 is 0 Å². The molecule has 4 heteroatoms. The van der Waals surface area contributed by atoms with Crippen LogP contribution in [0.15, 0.2) is 17.1 Å². The number of hydrogen-bond acceptors (Lipinski definition) is 4. The van der Waals surface area contributed by atoms with Gasteiger partial charge in [-0.15, -0.1) is 0 Å². The fourth-order valence-electron chi connectivity index (χ4n) is 0.341. The van der Waals surface area contributed by atoms with Crippen molar-refractivity contribution in [1.82, 2.24) is 4.98 Å². The Balaban J connectivity index is 0.000000187. The topological polar surface area (TPSA) is 52.3 Å². The zero-order chi connectivity index (χ0) is 8.53. The van der Waals surface area contributed by atoms with Gasteiger partial charge in [0.25, 0.3) is 6.47 Å². The Bertz CT molecular complexity index is 172. The maximum atomic E-state index is 9.18. The quantitative estimate of drug-likeness (QED) is 0.604. The number of oxazole rings is 1. The van der Waals surface area contributed by atoms with Crippen LogP contribution in [0.3, 0.4) is 0 Å². The summed E-state index contributed by atoms with van der Waals surface area (Å²) < 4.78 is 8.76. The molecule has 1 aromatic heterocycles. The number of aryl methyl sites for hydroxylation is 1. The zero-order valence-electron chi connectivity index (χ0n) is 6.61. The van der Waals surface area contributed by atoms with Crippen LogP contribution >= 0.6 is 0 Å². The number of rotatable bonds is 2. The van der Waals surface area contributed by atoms with E-state index in [0.29, 0.717) is 13.1 Å². The van der Waals surface area contributed by atoms with Gasteiger partial charge < -0.3 is 9.15 Å². The Morgan fingerprint density at radius 1 is 1.82 bits per heavy atom. The van der Waals surface area contributed by atoms with Gasteiger partial charge in [-0.25, -0.2) is 4.98 Å². The first kappa shape index (κ1) is 9.68. The highest BCUT2D eigenvalue weighted by molar-refractivity contribution is 5.36. The molecule has 0 unspecified atom stereocenters. The van der Waals surface area contributed by atoms with E-state index in [4.69, 9.17) is 0 Å². The van der Waals surface area contributed by atoms with Gasteiger partial charge in [0.05, 0.1) is 12.3 Å². The third-order valence-electron chi connectivity index (χ3n) is 0.791. The molecule has 0 saturated heterocycles. The molecule has 0 aliphatic carbocycles. The van der Waals surface area contributed by atoms with E-state index in [-0.39, 0.29) is 0 Å². The lowest BCUT2D eigenvalue weighted by Crippen LogP contribution is -1.80. The van der Waals surface area contributed by atoms with Crippen molar-refractivity contribution >= 4 is 6.47 Å². The summed E-state index contributed by atoms with van der Waals surface area (Å²) in [6.07, 6.45) is 3.01. The molecule has 0 radical (unpaired) electrons. The molecule has 0 N–H and O–H groups in total.